The fourth-order valence-electron chi connectivity index (χ4n) is 3.37. The van der Waals surface area contributed by atoms with Crippen molar-refractivity contribution in [1.29, 1.82) is 0 Å². The lowest BCUT2D eigenvalue weighted by Gasteiger charge is -2.09. The minimum Gasteiger partial charge on any atom is -0.351 e. The number of aromatic nitrogens is 5. The van der Waals surface area contributed by atoms with Gasteiger partial charge in [-0.25, -0.2) is 14.5 Å². The molecule has 3 aromatic rings. The Balaban J connectivity index is 1.34. The highest BCUT2D eigenvalue weighted by atomic mass is 16.2. The van der Waals surface area contributed by atoms with Gasteiger partial charge >= 0.3 is 5.69 Å². The number of aryl methyl sites for hydroxylation is 3. The van der Waals surface area contributed by atoms with Gasteiger partial charge in [0, 0.05) is 37.9 Å². The monoisotopic (exact) mass is 354 g/mol. The van der Waals surface area contributed by atoms with Crippen LogP contribution in [0.25, 0.3) is 5.65 Å². The quantitative estimate of drug-likeness (QED) is 0.697. The lowest BCUT2D eigenvalue weighted by Crippen LogP contribution is -2.29. The van der Waals surface area contributed by atoms with Crippen molar-refractivity contribution in [3.63, 3.8) is 0 Å². The van der Waals surface area contributed by atoms with Gasteiger partial charge < -0.3 is 9.72 Å². The molecule has 0 unspecified atom stereocenters. The molecule has 0 bridgehead atoms. The Morgan fingerprint density at radius 2 is 2.19 bits per heavy atom. The second-order valence-electron chi connectivity index (χ2n) is 6.66. The molecule has 0 fully saturated rings. The van der Waals surface area contributed by atoms with E-state index in [-0.39, 0.29) is 11.6 Å². The zero-order chi connectivity index (χ0) is 18.1. The summed E-state index contributed by atoms with van der Waals surface area (Å²) in [6.07, 6.45) is 5.38. The molecule has 3 aromatic heterocycles. The van der Waals surface area contributed by atoms with Gasteiger partial charge in [0.2, 0.25) is 0 Å². The average Bonchev–Trinajstić information content (AvgIpc) is 3.22. The second kappa shape index (κ2) is 6.78. The third-order valence-electron chi connectivity index (χ3n) is 4.79. The van der Waals surface area contributed by atoms with Crippen LogP contribution in [0.5, 0.6) is 0 Å². The zero-order valence-corrected chi connectivity index (χ0v) is 14.8. The molecule has 0 aromatic carbocycles. The van der Waals surface area contributed by atoms with Crippen molar-refractivity contribution in [2.24, 2.45) is 0 Å². The summed E-state index contributed by atoms with van der Waals surface area (Å²) < 4.78 is 5.17. The van der Waals surface area contributed by atoms with Crippen LogP contribution in [0, 0.1) is 6.92 Å². The van der Waals surface area contributed by atoms with Gasteiger partial charge in [-0.05, 0) is 38.3 Å². The van der Waals surface area contributed by atoms with Gasteiger partial charge in [0.05, 0.1) is 0 Å². The molecule has 0 radical (unpaired) electrons. The molecule has 8 heteroatoms. The van der Waals surface area contributed by atoms with Crippen molar-refractivity contribution in [3.8, 4) is 0 Å². The van der Waals surface area contributed by atoms with Crippen molar-refractivity contribution in [1.82, 2.24) is 29.0 Å². The Bertz CT molecular complexity index is 1010. The highest BCUT2D eigenvalue weighted by Crippen LogP contribution is 2.10. The van der Waals surface area contributed by atoms with Crippen LogP contribution < -0.4 is 11.0 Å². The molecule has 4 heterocycles. The van der Waals surface area contributed by atoms with Crippen LogP contribution >= 0.6 is 0 Å². The number of imidazole rings is 1. The number of carbonyl (C=O) groups excluding carboxylic acids is 1. The van der Waals surface area contributed by atoms with E-state index in [9.17, 15) is 9.59 Å². The Labute approximate surface area is 150 Å². The SMILES string of the molecule is Cc1cccc2nc(C(=O)NCCCn3nc4n(c3=O)CCCC4)cn12. The molecule has 26 heavy (non-hydrogen) atoms. The smallest absolute Gasteiger partial charge is 0.345 e. The molecule has 0 spiro atoms. The maximum absolute atomic E-state index is 12.3. The second-order valence-corrected chi connectivity index (χ2v) is 6.66. The van der Waals surface area contributed by atoms with Gasteiger partial charge in [-0.15, -0.1) is 0 Å². The number of nitrogens with zero attached hydrogens (tertiary/aromatic N) is 5. The number of hydrogen-bond donors (Lipinski definition) is 1. The van der Waals surface area contributed by atoms with E-state index in [1.165, 1.54) is 4.68 Å². The lowest BCUT2D eigenvalue weighted by atomic mass is 10.2. The third-order valence-corrected chi connectivity index (χ3v) is 4.79. The topological polar surface area (TPSA) is 86.2 Å². The van der Waals surface area contributed by atoms with Crippen LogP contribution in [-0.2, 0) is 19.5 Å². The Hall–Kier alpha value is -2.90. The summed E-state index contributed by atoms with van der Waals surface area (Å²) in [5.41, 5.74) is 2.14. The van der Waals surface area contributed by atoms with Gasteiger partial charge in [0.15, 0.2) is 0 Å². The summed E-state index contributed by atoms with van der Waals surface area (Å²) in [6, 6.07) is 5.76. The molecule has 4 rings (SSSR count). The Kier molecular flexibility index (Phi) is 4.32. The molecular formula is C18H22N6O2. The van der Waals surface area contributed by atoms with E-state index in [0.29, 0.717) is 25.2 Å². The highest BCUT2D eigenvalue weighted by Gasteiger charge is 2.16. The first-order valence-corrected chi connectivity index (χ1v) is 9.03. The van der Waals surface area contributed by atoms with Crippen LogP contribution in [0.2, 0.25) is 0 Å². The number of rotatable bonds is 5. The number of amides is 1. The van der Waals surface area contributed by atoms with Crippen LogP contribution in [0.4, 0.5) is 0 Å². The summed E-state index contributed by atoms with van der Waals surface area (Å²) >= 11 is 0. The van der Waals surface area contributed by atoms with Crippen molar-refractivity contribution < 1.29 is 4.79 Å². The maximum atomic E-state index is 12.3. The molecule has 0 aliphatic carbocycles. The summed E-state index contributed by atoms with van der Waals surface area (Å²) in [4.78, 5) is 28.9. The van der Waals surface area contributed by atoms with E-state index in [0.717, 1.165) is 43.0 Å². The molecule has 8 nitrogen and oxygen atoms in total. The van der Waals surface area contributed by atoms with Crippen LogP contribution in [0.3, 0.4) is 0 Å². The largest absolute Gasteiger partial charge is 0.351 e. The van der Waals surface area contributed by atoms with Crippen LogP contribution in [0.15, 0.2) is 29.2 Å². The molecule has 0 atom stereocenters. The molecule has 136 valence electrons. The molecule has 1 aliphatic heterocycles. The van der Waals surface area contributed by atoms with Gasteiger partial charge in [0.25, 0.3) is 5.91 Å². The molecule has 0 saturated heterocycles. The van der Waals surface area contributed by atoms with Crippen molar-refractivity contribution in [3.05, 3.63) is 52.1 Å². The van der Waals surface area contributed by atoms with E-state index in [2.05, 4.69) is 15.4 Å². The molecular weight excluding hydrogens is 332 g/mol. The third kappa shape index (κ3) is 3.02. The minimum absolute atomic E-state index is 0.0400. The number of nitrogens with one attached hydrogen (secondary N) is 1. The first-order chi connectivity index (χ1) is 12.6. The predicted molar refractivity (Wildman–Crippen MR) is 96.3 cm³/mol. The average molecular weight is 354 g/mol. The normalized spacial score (nSPS) is 13.7. The van der Waals surface area contributed by atoms with Crippen molar-refractivity contribution >= 4 is 11.6 Å². The summed E-state index contributed by atoms with van der Waals surface area (Å²) in [7, 11) is 0. The van der Waals surface area contributed by atoms with Gasteiger partial charge in [-0.3, -0.25) is 9.36 Å². The fraction of sp³-hybridized carbons (Fsp3) is 0.444. The summed E-state index contributed by atoms with van der Waals surface area (Å²) in [5, 5.41) is 7.27. The van der Waals surface area contributed by atoms with Gasteiger partial charge in [-0.1, -0.05) is 6.07 Å². The van der Waals surface area contributed by atoms with Crippen molar-refractivity contribution in [2.45, 2.75) is 45.7 Å². The number of hydrogen-bond acceptors (Lipinski definition) is 4. The standard InChI is InChI=1S/C18H22N6O2/c1-13-6-4-8-15-20-14(12-23(13)15)17(25)19-9-5-11-24-18(26)22-10-3-2-7-16(22)21-24/h4,6,8,12H,2-3,5,7,9-11H2,1H3,(H,19,25). The lowest BCUT2D eigenvalue weighted by molar-refractivity contribution is 0.0948. The fourth-order valence-corrected chi connectivity index (χ4v) is 3.37. The van der Waals surface area contributed by atoms with E-state index < -0.39 is 0 Å². The van der Waals surface area contributed by atoms with Gasteiger partial charge in [0.1, 0.15) is 17.2 Å². The van der Waals surface area contributed by atoms with Gasteiger partial charge in [-0.2, -0.15) is 5.10 Å². The summed E-state index contributed by atoms with van der Waals surface area (Å²) in [6.45, 7) is 3.71. The number of carbonyl (C=O) groups is 1. The Morgan fingerprint density at radius 3 is 3.00 bits per heavy atom. The zero-order valence-electron chi connectivity index (χ0n) is 14.8. The summed E-state index contributed by atoms with van der Waals surface area (Å²) in [5.74, 6) is 0.676. The molecule has 1 aliphatic rings. The van der Waals surface area contributed by atoms with E-state index in [4.69, 9.17) is 0 Å². The minimum atomic E-state index is -0.204. The van der Waals surface area contributed by atoms with E-state index in [1.54, 1.807) is 10.8 Å². The first-order valence-electron chi connectivity index (χ1n) is 9.03. The van der Waals surface area contributed by atoms with Crippen LogP contribution in [0.1, 0.15) is 41.3 Å². The van der Waals surface area contributed by atoms with E-state index >= 15 is 0 Å². The highest BCUT2D eigenvalue weighted by molar-refractivity contribution is 5.92. The Morgan fingerprint density at radius 1 is 1.31 bits per heavy atom. The van der Waals surface area contributed by atoms with E-state index in [1.807, 2.05) is 29.5 Å². The molecule has 0 saturated carbocycles. The first kappa shape index (κ1) is 16.6. The molecule has 1 amide bonds. The number of pyridine rings is 1. The van der Waals surface area contributed by atoms with Crippen LogP contribution in [-0.4, -0.2) is 36.2 Å². The molecule has 1 N–H and O–H groups in total. The predicted octanol–water partition coefficient (Wildman–Crippen LogP) is 1.16. The maximum Gasteiger partial charge on any atom is 0.345 e. The van der Waals surface area contributed by atoms with Crippen molar-refractivity contribution in [2.75, 3.05) is 6.54 Å². The number of fused-ring (bicyclic) bond motifs is 2.